The van der Waals surface area contributed by atoms with Gasteiger partial charge in [-0.05, 0) is 51.7 Å². The molecule has 1 unspecified atom stereocenters. The molecular formula is C31H36ClF4N7O2. The van der Waals surface area contributed by atoms with Crippen molar-refractivity contribution in [2.45, 2.75) is 57.3 Å². The van der Waals surface area contributed by atoms with Gasteiger partial charge in [-0.25, -0.2) is 9.37 Å². The van der Waals surface area contributed by atoms with Crippen molar-refractivity contribution in [1.82, 2.24) is 25.2 Å². The summed E-state index contributed by atoms with van der Waals surface area (Å²) in [5.74, 6) is -0.736. The Kier molecular flexibility index (Phi) is 7.53. The summed E-state index contributed by atoms with van der Waals surface area (Å²) in [7, 11) is 0. The molecule has 3 aliphatic heterocycles. The Bertz CT molecular complexity index is 1650. The SMILES string of the molecule is Cc1nc(N)cc(-c2c(Cl)cc3c(N4CC5CC[C@@](C)(C4)N5)nc(OCC4(CN5CCOCC5)CC4)nc3c2F)c1C(F)(F)F. The Morgan fingerprint density at radius 1 is 1.16 bits per heavy atom. The number of pyridine rings is 1. The topological polar surface area (TPSA) is 102 Å². The summed E-state index contributed by atoms with van der Waals surface area (Å²) in [6, 6.07) is 2.66. The van der Waals surface area contributed by atoms with Crippen LogP contribution in [-0.2, 0) is 10.9 Å². The van der Waals surface area contributed by atoms with Gasteiger partial charge in [-0.3, -0.25) is 4.90 Å². The summed E-state index contributed by atoms with van der Waals surface area (Å²) in [5, 5.41) is 3.75. The summed E-state index contributed by atoms with van der Waals surface area (Å²) >= 11 is 6.64. The predicted octanol–water partition coefficient (Wildman–Crippen LogP) is 5.22. The Labute approximate surface area is 263 Å². The molecule has 3 N–H and O–H groups in total. The number of rotatable bonds is 7. The van der Waals surface area contributed by atoms with Crippen LogP contribution < -0.4 is 20.7 Å². The number of anilines is 2. The number of nitrogens with two attached hydrogens (primary N) is 1. The van der Waals surface area contributed by atoms with Crippen LogP contribution in [0.15, 0.2) is 12.1 Å². The maximum Gasteiger partial charge on any atom is 0.418 e. The van der Waals surface area contributed by atoms with Crippen molar-refractivity contribution >= 4 is 34.1 Å². The van der Waals surface area contributed by atoms with Gasteiger partial charge in [0.25, 0.3) is 0 Å². The normalized spacial score (nSPS) is 24.8. The number of halogens is 5. The molecule has 1 aromatic carbocycles. The highest BCUT2D eigenvalue weighted by atomic mass is 35.5. The first-order chi connectivity index (χ1) is 21.3. The summed E-state index contributed by atoms with van der Waals surface area (Å²) in [5.41, 5.74) is 3.06. The van der Waals surface area contributed by atoms with Gasteiger partial charge in [-0.2, -0.15) is 23.1 Å². The molecule has 2 aromatic heterocycles. The number of benzene rings is 1. The zero-order chi connectivity index (χ0) is 31.7. The molecule has 5 heterocycles. The molecule has 242 valence electrons. The predicted molar refractivity (Wildman–Crippen MR) is 163 cm³/mol. The summed E-state index contributed by atoms with van der Waals surface area (Å²) in [4.78, 5) is 17.5. The van der Waals surface area contributed by atoms with Gasteiger partial charge in [0.15, 0.2) is 5.82 Å². The molecule has 4 aliphatic rings. The molecule has 14 heteroatoms. The molecule has 7 rings (SSSR count). The number of aryl methyl sites for hydroxylation is 1. The Balaban J connectivity index is 1.33. The number of nitrogens with one attached hydrogen (secondary N) is 1. The first kappa shape index (κ1) is 30.6. The Hall–Kier alpha value is -3.00. The first-order valence-corrected chi connectivity index (χ1v) is 15.7. The fraction of sp³-hybridized carbons (Fsp3) is 0.581. The molecule has 0 amide bonds. The molecule has 45 heavy (non-hydrogen) atoms. The van der Waals surface area contributed by atoms with Crippen LogP contribution in [0.25, 0.3) is 22.0 Å². The van der Waals surface area contributed by atoms with Crippen molar-refractivity contribution in [2.75, 3.05) is 63.2 Å². The quantitative estimate of drug-likeness (QED) is 0.334. The zero-order valence-corrected chi connectivity index (χ0v) is 26.0. The second-order valence-electron chi connectivity index (χ2n) is 13.3. The van der Waals surface area contributed by atoms with E-state index in [1.54, 1.807) is 0 Å². The first-order valence-electron chi connectivity index (χ1n) is 15.3. The van der Waals surface area contributed by atoms with Gasteiger partial charge in [0.05, 0.1) is 36.1 Å². The molecule has 2 atom stereocenters. The van der Waals surface area contributed by atoms with Crippen molar-refractivity contribution in [1.29, 1.82) is 0 Å². The van der Waals surface area contributed by atoms with Crippen LogP contribution in [0.4, 0.5) is 29.2 Å². The molecule has 9 nitrogen and oxygen atoms in total. The second-order valence-corrected chi connectivity index (χ2v) is 13.7. The third kappa shape index (κ3) is 5.88. The van der Waals surface area contributed by atoms with E-state index in [0.717, 1.165) is 51.4 Å². The van der Waals surface area contributed by atoms with E-state index in [9.17, 15) is 13.2 Å². The van der Waals surface area contributed by atoms with Crippen LogP contribution in [0.2, 0.25) is 5.02 Å². The minimum Gasteiger partial charge on any atom is -0.463 e. The summed E-state index contributed by atoms with van der Waals surface area (Å²) < 4.78 is 71.2. The lowest BCUT2D eigenvalue weighted by Crippen LogP contribution is -2.58. The minimum atomic E-state index is -4.83. The standard InChI is InChI=1S/C31H36ClF4N7O2/c1-17-24(31(34,35)36)19(12-22(37)38-17)23-21(32)11-20-26(25(23)33)39-28(40-27(20)43-13-18-3-4-29(2,14-43)41-18)45-16-30(5-6-30)15-42-7-9-44-10-8-42/h11-12,18,41H,3-10,13-16H2,1-2H3,(H2,37,38)/t18?,29-/m0/s1. The number of hydrogen-bond donors (Lipinski definition) is 2. The monoisotopic (exact) mass is 649 g/mol. The number of morpholine rings is 1. The number of hydrogen-bond acceptors (Lipinski definition) is 9. The highest BCUT2D eigenvalue weighted by Gasteiger charge is 2.46. The molecule has 0 radical (unpaired) electrons. The average Bonchev–Trinajstić information content (AvgIpc) is 3.67. The molecule has 0 spiro atoms. The summed E-state index contributed by atoms with van der Waals surface area (Å²) in [6.07, 6.45) is -0.886. The van der Waals surface area contributed by atoms with E-state index >= 15 is 4.39 Å². The maximum atomic E-state index is 16.7. The van der Waals surface area contributed by atoms with Gasteiger partial charge in [0, 0.05) is 66.2 Å². The van der Waals surface area contributed by atoms with Crippen LogP contribution in [0.5, 0.6) is 6.01 Å². The van der Waals surface area contributed by atoms with Crippen molar-refractivity contribution in [3.8, 4) is 17.1 Å². The molecule has 2 bridgehead atoms. The lowest BCUT2D eigenvalue weighted by atomic mass is 9.96. The van der Waals surface area contributed by atoms with E-state index in [4.69, 9.17) is 31.8 Å². The van der Waals surface area contributed by atoms with E-state index in [1.807, 2.05) is 0 Å². The fourth-order valence-corrected chi connectivity index (χ4v) is 7.54. The lowest BCUT2D eigenvalue weighted by Gasteiger charge is -2.40. The van der Waals surface area contributed by atoms with E-state index in [0.29, 0.717) is 44.1 Å². The van der Waals surface area contributed by atoms with Crippen LogP contribution >= 0.6 is 11.6 Å². The van der Waals surface area contributed by atoms with E-state index in [1.165, 1.54) is 13.0 Å². The fourth-order valence-electron chi connectivity index (χ4n) is 7.25. The number of alkyl halides is 3. The zero-order valence-electron chi connectivity index (χ0n) is 25.2. The van der Waals surface area contributed by atoms with Crippen LogP contribution in [0.3, 0.4) is 0 Å². The Morgan fingerprint density at radius 2 is 1.91 bits per heavy atom. The van der Waals surface area contributed by atoms with Crippen molar-refractivity contribution in [3.63, 3.8) is 0 Å². The number of fused-ring (bicyclic) bond motifs is 3. The van der Waals surface area contributed by atoms with Gasteiger partial charge < -0.3 is 25.4 Å². The third-order valence-corrected chi connectivity index (χ3v) is 9.92. The van der Waals surface area contributed by atoms with Crippen molar-refractivity contribution in [3.05, 3.63) is 34.2 Å². The molecule has 1 saturated carbocycles. The number of ether oxygens (including phenoxy) is 2. The lowest BCUT2D eigenvalue weighted by molar-refractivity contribution is -0.137. The van der Waals surface area contributed by atoms with Gasteiger partial charge in [-0.15, -0.1) is 0 Å². The number of aromatic nitrogens is 3. The molecule has 4 fully saturated rings. The van der Waals surface area contributed by atoms with Crippen LogP contribution in [-0.4, -0.2) is 84.0 Å². The minimum absolute atomic E-state index is 0.0181. The van der Waals surface area contributed by atoms with Crippen molar-refractivity contribution in [2.24, 2.45) is 5.41 Å². The number of nitrogens with zero attached hydrogens (tertiary/aromatic N) is 5. The second kappa shape index (κ2) is 11.1. The molecular weight excluding hydrogens is 614 g/mol. The molecule has 1 aliphatic carbocycles. The molecule has 3 aromatic rings. The highest BCUT2D eigenvalue weighted by Crippen LogP contribution is 2.48. The highest BCUT2D eigenvalue weighted by molar-refractivity contribution is 6.34. The Morgan fingerprint density at radius 3 is 2.60 bits per heavy atom. The number of nitrogen functional groups attached to an aromatic ring is 1. The smallest absolute Gasteiger partial charge is 0.418 e. The third-order valence-electron chi connectivity index (χ3n) is 9.62. The van der Waals surface area contributed by atoms with Gasteiger partial charge >= 0.3 is 12.2 Å². The van der Waals surface area contributed by atoms with Gasteiger partial charge in [-0.1, -0.05) is 11.6 Å². The van der Waals surface area contributed by atoms with Gasteiger partial charge in [0.2, 0.25) is 0 Å². The van der Waals surface area contributed by atoms with E-state index < -0.39 is 28.7 Å². The van der Waals surface area contributed by atoms with Crippen LogP contribution in [0, 0.1) is 18.2 Å². The molecule has 3 saturated heterocycles. The van der Waals surface area contributed by atoms with Crippen molar-refractivity contribution < 1.29 is 27.0 Å². The average molecular weight is 650 g/mol. The maximum absolute atomic E-state index is 16.7. The van der Waals surface area contributed by atoms with E-state index in [-0.39, 0.29) is 45.1 Å². The largest absolute Gasteiger partial charge is 0.463 e. The van der Waals surface area contributed by atoms with Gasteiger partial charge in [0.1, 0.15) is 17.2 Å². The van der Waals surface area contributed by atoms with Crippen LogP contribution in [0.1, 0.15) is 43.9 Å². The van der Waals surface area contributed by atoms with E-state index in [2.05, 4.69) is 32.0 Å². The number of piperazine rings is 1. The summed E-state index contributed by atoms with van der Waals surface area (Å²) in [6.45, 7) is 8.86.